The average molecular weight is 265 g/mol. The van der Waals surface area contributed by atoms with Crippen molar-refractivity contribution < 1.29 is 9.59 Å². The standard InChI is InChI=1S/C16H13N2O2/c1-11-6-8-12(9-7-11)10-18-14-5-3-2-4-13(14)17-15(19)16(18)20/h2-9H,10H2,1H3/q+1. The van der Waals surface area contributed by atoms with E-state index in [0.717, 1.165) is 11.1 Å². The van der Waals surface area contributed by atoms with Gasteiger partial charge in [0, 0.05) is 11.6 Å². The van der Waals surface area contributed by atoms with Gasteiger partial charge in [0.1, 0.15) is 5.36 Å². The van der Waals surface area contributed by atoms with Crippen molar-refractivity contribution in [3.63, 3.8) is 0 Å². The molecule has 0 aromatic heterocycles. The maximum atomic E-state index is 12.0. The fourth-order valence-electron chi connectivity index (χ4n) is 2.20. The second kappa shape index (κ2) is 4.81. The summed E-state index contributed by atoms with van der Waals surface area (Å²) < 4.78 is 1.48. The summed E-state index contributed by atoms with van der Waals surface area (Å²) in [6.07, 6.45) is 0. The van der Waals surface area contributed by atoms with Gasteiger partial charge in [-0.2, -0.15) is 4.99 Å². The molecule has 0 radical (unpaired) electrons. The number of amides is 2. The van der Waals surface area contributed by atoms with E-state index in [2.05, 4.69) is 4.99 Å². The van der Waals surface area contributed by atoms with Gasteiger partial charge < -0.3 is 0 Å². The third-order valence-electron chi connectivity index (χ3n) is 3.28. The van der Waals surface area contributed by atoms with Crippen molar-refractivity contribution in [3.8, 4) is 0 Å². The van der Waals surface area contributed by atoms with Crippen LogP contribution in [0, 0.1) is 6.92 Å². The highest BCUT2D eigenvalue weighted by molar-refractivity contribution is 6.36. The number of hydrogen-bond acceptors (Lipinski definition) is 2. The molecule has 1 aliphatic rings. The summed E-state index contributed by atoms with van der Waals surface area (Å²) in [6, 6.07) is 15.1. The monoisotopic (exact) mass is 265 g/mol. The highest BCUT2D eigenvalue weighted by Crippen LogP contribution is 2.04. The lowest BCUT2D eigenvalue weighted by Gasteiger charge is -2.04. The maximum Gasteiger partial charge on any atom is 0.480 e. The molecule has 0 spiro atoms. The molecule has 4 heteroatoms. The van der Waals surface area contributed by atoms with E-state index in [0.29, 0.717) is 17.3 Å². The summed E-state index contributed by atoms with van der Waals surface area (Å²) in [6.45, 7) is 2.38. The third-order valence-corrected chi connectivity index (χ3v) is 3.28. The molecule has 1 aliphatic heterocycles. The van der Waals surface area contributed by atoms with Gasteiger partial charge in [-0.25, -0.2) is 4.79 Å². The fourth-order valence-corrected chi connectivity index (χ4v) is 2.20. The van der Waals surface area contributed by atoms with Gasteiger partial charge in [0.2, 0.25) is 5.36 Å². The van der Waals surface area contributed by atoms with Crippen molar-refractivity contribution in [2.75, 3.05) is 0 Å². The summed E-state index contributed by atoms with van der Waals surface area (Å²) in [5.74, 6) is -1.29. The first-order valence-corrected chi connectivity index (χ1v) is 6.37. The Hall–Kier alpha value is -2.62. The molecule has 1 heterocycles. The first-order valence-electron chi connectivity index (χ1n) is 6.37. The largest absolute Gasteiger partial charge is 0.480 e. The smallest absolute Gasteiger partial charge is 0.255 e. The molecule has 0 aliphatic carbocycles. The number of para-hydroxylation sites is 2. The van der Waals surface area contributed by atoms with Gasteiger partial charge in [0.25, 0.3) is 0 Å². The van der Waals surface area contributed by atoms with Gasteiger partial charge in [-0.15, -0.1) is 4.58 Å². The highest BCUT2D eigenvalue weighted by Gasteiger charge is 2.31. The van der Waals surface area contributed by atoms with Crippen LogP contribution in [0.4, 0.5) is 0 Å². The minimum atomic E-state index is -0.712. The van der Waals surface area contributed by atoms with Gasteiger partial charge >= 0.3 is 11.8 Å². The molecule has 20 heavy (non-hydrogen) atoms. The molecular weight excluding hydrogens is 252 g/mol. The zero-order valence-corrected chi connectivity index (χ0v) is 11.0. The quantitative estimate of drug-likeness (QED) is 0.582. The van der Waals surface area contributed by atoms with Crippen LogP contribution in [0.5, 0.6) is 0 Å². The summed E-state index contributed by atoms with van der Waals surface area (Å²) >= 11 is 0. The Morgan fingerprint density at radius 3 is 2.45 bits per heavy atom. The molecule has 0 N–H and O–H groups in total. The summed E-state index contributed by atoms with van der Waals surface area (Å²) in [4.78, 5) is 27.5. The minimum absolute atomic E-state index is 0.372. The third kappa shape index (κ3) is 2.16. The molecule has 3 rings (SSSR count). The lowest BCUT2D eigenvalue weighted by Crippen LogP contribution is -2.50. The number of hydrogen-bond donors (Lipinski definition) is 0. The van der Waals surface area contributed by atoms with Crippen molar-refractivity contribution in [2.45, 2.75) is 13.5 Å². The first-order chi connectivity index (χ1) is 9.65. The van der Waals surface area contributed by atoms with Gasteiger partial charge in [0.05, 0.1) is 0 Å². The lowest BCUT2D eigenvalue weighted by atomic mass is 10.1. The lowest BCUT2D eigenvalue weighted by molar-refractivity contribution is -0.139. The van der Waals surface area contributed by atoms with E-state index in [1.54, 1.807) is 18.2 Å². The predicted octanol–water partition coefficient (Wildman–Crippen LogP) is 0.373. The molecule has 0 saturated heterocycles. The zero-order valence-electron chi connectivity index (χ0n) is 11.0. The normalized spacial score (nSPS) is 13.9. The van der Waals surface area contributed by atoms with Crippen molar-refractivity contribution in [1.82, 2.24) is 4.58 Å². The summed E-state index contributed by atoms with van der Waals surface area (Å²) in [5.41, 5.74) is 2.14. The van der Waals surface area contributed by atoms with Gasteiger partial charge in [0.15, 0.2) is 6.54 Å². The topological polar surface area (TPSA) is 49.5 Å². The number of nitrogens with zero attached hydrogens (tertiary/aromatic N) is 2. The fraction of sp³-hybridized carbons (Fsp3) is 0.125. The van der Waals surface area contributed by atoms with E-state index in [9.17, 15) is 9.59 Å². The van der Waals surface area contributed by atoms with E-state index in [4.69, 9.17) is 0 Å². The van der Waals surface area contributed by atoms with Crippen LogP contribution in [0.1, 0.15) is 11.1 Å². The van der Waals surface area contributed by atoms with E-state index >= 15 is 0 Å². The van der Waals surface area contributed by atoms with Crippen molar-refractivity contribution in [3.05, 3.63) is 70.4 Å². The molecule has 4 nitrogen and oxygen atoms in total. The second-order valence-corrected chi connectivity index (χ2v) is 4.78. The average Bonchev–Trinajstić information content (AvgIpc) is 2.46. The van der Waals surface area contributed by atoms with Crippen LogP contribution in [0.15, 0.2) is 53.5 Å². The van der Waals surface area contributed by atoms with Crippen molar-refractivity contribution in [2.24, 2.45) is 4.99 Å². The van der Waals surface area contributed by atoms with Gasteiger partial charge in [-0.3, -0.25) is 4.79 Å². The SMILES string of the molecule is Cc1ccc(C[N+]2=c3ccccc3=NC(=O)C2=O)cc1. The molecule has 0 bridgehead atoms. The number of aryl methyl sites for hydroxylation is 1. The van der Waals surface area contributed by atoms with E-state index in [-0.39, 0.29) is 0 Å². The van der Waals surface area contributed by atoms with Crippen molar-refractivity contribution in [1.29, 1.82) is 0 Å². The van der Waals surface area contributed by atoms with Crippen LogP contribution in [0.2, 0.25) is 0 Å². The van der Waals surface area contributed by atoms with Crippen molar-refractivity contribution >= 4 is 11.8 Å². The van der Waals surface area contributed by atoms with Crippen LogP contribution < -0.4 is 15.3 Å². The summed E-state index contributed by atoms with van der Waals surface area (Å²) in [7, 11) is 0. The minimum Gasteiger partial charge on any atom is -0.255 e. The van der Waals surface area contributed by atoms with Gasteiger partial charge in [-0.05, 0) is 13.0 Å². The molecular formula is C16H13N2O2+. The van der Waals surface area contributed by atoms with Crippen LogP contribution in [-0.4, -0.2) is 11.8 Å². The molecule has 2 aromatic rings. The van der Waals surface area contributed by atoms with Gasteiger partial charge in [-0.1, -0.05) is 42.0 Å². The van der Waals surface area contributed by atoms with Crippen LogP contribution in [-0.2, 0) is 16.1 Å². The molecule has 0 fully saturated rings. The van der Waals surface area contributed by atoms with E-state index in [1.165, 1.54) is 4.58 Å². The highest BCUT2D eigenvalue weighted by atomic mass is 16.2. The zero-order chi connectivity index (χ0) is 14.1. The molecule has 98 valence electrons. The molecule has 0 unspecified atom stereocenters. The number of benzene rings is 2. The number of fused-ring (bicyclic) bond motifs is 1. The number of rotatable bonds is 2. The van der Waals surface area contributed by atoms with E-state index in [1.807, 2.05) is 37.3 Å². The Morgan fingerprint density at radius 2 is 1.70 bits per heavy atom. The Kier molecular flexibility index (Phi) is 2.99. The summed E-state index contributed by atoms with van der Waals surface area (Å²) in [5, 5.41) is 1.22. The molecule has 0 saturated carbocycles. The van der Waals surface area contributed by atoms with E-state index < -0.39 is 11.8 Å². The number of carbonyl (C=O) groups is 2. The Bertz CT molecular complexity index is 820. The van der Waals surface area contributed by atoms with Crippen LogP contribution >= 0.6 is 0 Å². The molecule has 0 atom stereocenters. The Balaban J connectivity index is 2.15. The van der Waals surface area contributed by atoms with Crippen LogP contribution in [0.25, 0.3) is 0 Å². The van der Waals surface area contributed by atoms with Crippen LogP contribution in [0.3, 0.4) is 0 Å². The Morgan fingerprint density at radius 1 is 1.00 bits per heavy atom. The first kappa shape index (κ1) is 12.4. The number of carbonyl (C=O) groups excluding carboxylic acids is 2. The molecule has 2 aromatic carbocycles. The second-order valence-electron chi connectivity index (χ2n) is 4.78. The Labute approximate surface area is 115 Å². The predicted molar refractivity (Wildman–Crippen MR) is 73.4 cm³/mol. The maximum absolute atomic E-state index is 12.0. The molecule has 2 amide bonds.